The molecule has 7 heteroatoms. The van der Waals surface area contributed by atoms with Gasteiger partial charge in [-0.15, -0.1) is 5.10 Å². The summed E-state index contributed by atoms with van der Waals surface area (Å²) in [5, 5.41) is 8.37. The fourth-order valence-electron chi connectivity index (χ4n) is 2.81. The van der Waals surface area contributed by atoms with E-state index in [2.05, 4.69) is 26.4 Å². The van der Waals surface area contributed by atoms with Crippen LogP contribution in [0.25, 0.3) is 5.69 Å². The Balaban J connectivity index is 1.54. The van der Waals surface area contributed by atoms with Crippen LogP contribution in [0.15, 0.2) is 54.9 Å². The first kappa shape index (κ1) is 15.9. The number of morpholine rings is 1. The normalized spacial score (nSPS) is 14.5. The van der Waals surface area contributed by atoms with Crippen LogP contribution in [-0.4, -0.2) is 41.1 Å². The highest BCUT2D eigenvalue weighted by atomic mass is 35.5. The summed E-state index contributed by atoms with van der Waals surface area (Å²) in [6.07, 6.45) is 1.69. The van der Waals surface area contributed by atoms with Gasteiger partial charge in [0.25, 0.3) is 0 Å². The molecule has 6 nitrogen and oxygen atoms in total. The average molecular weight is 356 g/mol. The Hall–Kier alpha value is -2.57. The van der Waals surface area contributed by atoms with E-state index in [1.54, 1.807) is 11.0 Å². The number of hydrogen-bond donors (Lipinski definition) is 1. The van der Waals surface area contributed by atoms with Crippen molar-refractivity contribution in [3.8, 4) is 5.69 Å². The number of nitrogens with zero attached hydrogens (tertiary/aromatic N) is 4. The van der Waals surface area contributed by atoms with Crippen LogP contribution in [0.2, 0.25) is 5.02 Å². The standard InChI is InChI=1S/C18H18ClN5O/c19-14-10-15(12-17(11-14)23-6-8-25-9-7-23)21-18-20-13-24(22-18)16-4-2-1-3-5-16/h1-5,10-13H,6-9H2,(H,21,22). The minimum Gasteiger partial charge on any atom is -0.378 e. The quantitative estimate of drug-likeness (QED) is 0.776. The van der Waals surface area contributed by atoms with E-state index in [4.69, 9.17) is 16.3 Å². The third-order valence-electron chi connectivity index (χ3n) is 4.03. The van der Waals surface area contributed by atoms with Crippen molar-refractivity contribution in [3.63, 3.8) is 0 Å². The zero-order valence-corrected chi connectivity index (χ0v) is 14.4. The second-order valence-corrected chi connectivity index (χ2v) is 6.21. The van der Waals surface area contributed by atoms with Gasteiger partial charge in [0.15, 0.2) is 0 Å². The second-order valence-electron chi connectivity index (χ2n) is 5.77. The molecule has 4 rings (SSSR count). The second kappa shape index (κ2) is 7.13. The molecule has 1 aliphatic rings. The fraction of sp³-hybridized carbons (Fsp3) is 0.222. The molecule has 1 N–H and O–H groups in total. The summed E-state index contributed by atoms with van der Waals surface area (Å²) in [6, 6.07) is 15.8. The summed E-state index contributed by atoms with van der Waals surface area (Å²) < 4.78 is 7.14. The van der Waals surface area contributed by atoms with Crippen LogP contribution in [0.5, 0.6) is 0 Å². The molecule has 2 heterocycles. The van der Waals surface area contributed by atoms with E-state index in [1.807, 2.05) is 42.5 Å². The number of aromatic nitrogens is 3. The molecule has 0 amide bonds. The summed E-state index contributed by atoms with van der Waals surface area (Å²) >= 11 is 6.29. The van der Waals surface area contributed by atoms with Crippen molar-refractivity contribution in [2.24, 2.45) is 0 Å². The predicted molar refractivity (Wildman–Crippen MR) is 99.1 cm³/mol. The molecule has 0 spiro atoms. The molecule has 3 aromatic rings. The number of hydrogen-bond acceptors (Lipinski definition) is 5. The Labute approximate surface area is 151 Å². The first-order valence-electron chi connectivity index (χ1n) is 8.15. The molecule has 0 atom stereocenters. The van der Waals surface area contributed by atoms with E-state index >= 15 is 0 Å². The van der Waals surface area contributed by atoms with Crippen molar-refractivity contribution < 1.29 is 4.74 Å². The van der Waals surface area contributed by atoms with E-state index in [0.717, 1.165) is 43.4 Å². The summed E-state index contributed by atoms with van der Waals surface area (Å²) in [5.41, 5.74) is 2.89. The number of ether oxygens (including phenoxy) is 1. The number of halogens is 1. The van der Waals surface area contributed by atoms with Crippen LogP contribution >= 0.6 is 11.6 Å². The van der Waals surface area contributed by atoms with E-state index in [0.29, 0.717) is 11.0 Å². The topological polar surface area (TPSA) is 55.2 Å². The molecule has 1 fully saturated rings. The molecule has 1 aliphatic heterocycles. The van der Waals surface area contributed by atoms with E-state index in [1.165, 1.54) is 0 Å². The minimum atomic E-state index is 0.527. The molecular weight excluding hydrogens is 338 g/mol. The lowest BCUT2D eigenvalue weighted by Crippen LogP contribution is -2.36. The van der Waals surface area contributed by atoms with Gasteiger partial charge >= 0.3 is 0 Å². The van der Waals surface area contributed by atoms with Crippen LogP contribution in [0.4, 0.5) is 17.3 Å². The third-order valence-corrected chi connectivity index (χ3v) is 4.25. The summed E-state index contributed by atoms with van der Waals surface area (Å²) in [7, 11) is 0. The van der Waals surface area contributed by atoms with Gasteiger partial charge in [-0.1, -0.05) is 29.8 Å². The molecular formula is C18H18ClN5O. The van der Waals surface area contributed by atoms with Gasteiger partial charge in [-0.25, -0.2) is 4.68 Å². The Morgan fingerprint density at radius 1 is 1.00 bits per heavy atom. The van der Waals surface area contributed by atoms with Gasteiger partial charge in [-0.2, -0.15) is 4.98 Å². The van der Waals surface area contributed by atoms with Crippen LogP contribution in [-0.2, 0) is 4.74 Å². The summed E-state index contributed by atoms with van der Waals surface area (Å²) in [4.78, 5) is 6.58. The van der Waals surface area contributed by atoms with Gasteiger partial charge in [0, 0.05) is 29.5 Å². The van der Waals surface area contributed by atoms with E-state index in [9.17, 15) is 0 Å². The summed E-state index contributed by atoms with van der Waals surface area (Å²) in [6.45, 7) is 3.19. The molecule has 25 heavy (non-hydrogen) atoms. The molecule has 0 saturated carbocycles. The van der Waals surface area contributed by atoms with E-state index in [-0.39, 0.29) is 0 Å². The first-order valence-corrected chi connectivity index (χ1v) is 8.53. The Morgan fingerprint density at radius 3 is 2.60 bits per heavy atom. The van der Waals surface area contributed by atoms with Crippen molar-refractivity contribution in [2.45, 2.75) is 0 Å². The van der Waals surface area contributed by atoms with Crippen LogP contribution < -0.4 is 10.2 Å². The van der Waals surface area contributed by atoms with Crippen molar-refractivity contribution in [2.75, 3.05) is 36.5 Å². The lowest BCUT2D eigenvalue weighted by molar-refractivity contribution is 0.122. The van der Waals surface area contributed by atoms with Gasteiger partial charge in [-0.05, 0) is 30.3 Å². The van der Waals surface area contributed by atoms with Crippen LogP contribution in [0.3, 0.4) is 0 Å². The molecule has 1 saturated heterocycles. The number of nitrogens with one attached hydrogen (secondary N) is 1. The maximum Gasteiger partial charge on any atom is 0.246 e. The monoisotopic (exact) mass is 355 g/mol. The predicted octanol–water partition coefficient (Wildman–Crippen LogP) is 3.50. The Morgan fingerprint density at radius 2 is 1.80 bits per heavy atom. The summed E-state index contributed by atoms with van der Waals surface area (Å²) in [5.74, 6) is 0.527. The number of para-hydroxylation sites is 1. The number of anilines is 3. The largest absolute Gasteiger partial charge is 0.378 e. The molecule has 2 aromatic carbocycles. The zero-order valence-electron chi connectivity index (χ0n) is 13.6. The molecule has 0 unspecified atom stereocenters. The molecule has 128 valence electrons. The van der Waals surface area contributed by atoms with E-state index < -0.39 is 0 Å². The third kappa shape index (κ3) is 3.75. The van der Waals surface area contributed by atoms with Crippen molar-refractivity contribution in [1.29, 1.82) is 0 Å². The van der Waals surface area contributed by atoms with Gasteiger partial charge in [0.05, 0.1) is 18.9 Å². The van der Waals surface area contributed by atoms with Gasteiger partial charge in [0.2, 0.25) is 5.95 Å². The van der Waals surface area contributed by atoms with Gasteiger partial charge < -0.3 is 15.0 Å². The maximum absolute atomic E-state index is 6.29. The fourth-order valence-corrected chi connectivity index (χ4v) is 3.03. The number of rotatable bonds is 4. The van der Waals surface area contributed by atoms with Crippen LogP contribution in [0, 0.1) is 0 Å². The highest BCUT2D eigenvalue weighted by Gasteiger charge is 2.13. The van der Waals surface area contributed by atoms with Gasteiger partial charge in [0.1, 0.15) is 6.33 Å². The highest BCUT2D eigenvalue weighted by molar-refractivity contribution is 6.31. The Kier molecular flexibility index (Phi) is 4.54. The first-order chi connectivity index (χ1) is 12.3. The minimum absolute atomic E-state index is 0.527. The molecule has 0 radical (unpaired) electrons. The number of benzene rings is 2. The average Bonchev–Trinajstić information content (AvgIpc) is 3.11. The smallest absolute Gasteiger partial charge is 0.246 e. The van der Waals surface area contributed by atoms with Crippen LogP contribution in [0.1, 0.15) is 0 Å². The highest BCUT2D eigenvalue weighted by Crippen LogP contribution is 2.27. The Bertz CT molecular complexity index is 846. The molecule has 0 bridgehead atoms. The SMILES string of the molecule is Clc1cc(Nc2ncn(-c3ccccc3)n2)cc(N2CCOCC2)c1. The molecule has 1 aromatic heterocycles. The molecule has 0 aliphatic carbocycles. The lowest BCUT2D eigenvalue weighted by atomic mass is 10.2. The zero-order chi connectivity index (χ0) is 17.1. The maximum atomic E-state index is 6.29. The van der Waals surface area contributed by atoms with Gasteiger partial charge in [-0.3, -0.25) is 0 Å². The lowest BCUT2D eigenvalue weighted by Gasteiger charge is -2.29. The van der Waals surface area contributed by atoms with Crippen molar-refractivity contribution in [1.82, 2.24) is 14.8 Å². The van der Waals surface area contributed by atoms with Crippen molar-refractivity contribution >= 4 is 28.9 Å². The van der Waals surface area contributed by atoms with Crippen molar-refractivity contribution in [3.05, 3.63) is 59.9 Å².